The van der Waals surface area contributed by atoms with Gasteiger partial charge in [-0.1, -0.05) is 13.8 Å². The molecule has 1 saturated heterocycles. The minimum absolute atomic E-state index is 0.783. The van der Waals surface area contributed by atoms with Crippen LogP contribution in [-0.2, 0) is 0 Å². The van der Waals surface area contributed by atoms with Crippen LogP contribution >= 0.6 is 11.8 Å². The molecule has 0 aromatic rings. The summed E-state index contributed by atoms with van der Waals surface area (Å²) >= 11 is 1.98. The number of nitrogens with zero attached hydrogens (tertiary/aromatic N) is 1. The van der Waals surface area contributed by atoms with Gasteiger partial charge >= 0.3 is 0 Å². The number of hydrogen-bond donors (Lipinski definition) is 1. The van der Waals surface area contributed by atoms with Gasteiger partial charge < -0.3 is 10.2 Å². The van der Waals surface area contributed by atoms with Crippen molar-refractivity contribution in [2.24, 2.45) is 0 Å². The number of rotatable bonds is 6. The van der Waals surface area contributed by atoms with E-state index in [9.17, 15) is 0 Å². The van der Waals surface area contributed by atoms with Crippen LogP contribution < -0.4 is 5.32 Å². The van der Waals surface area contributed by atoms with E-state index in [1.54, 1.807) is 0 Å². The van der Waals surface area contributed by atoms with Gasteiger partial charge in [0.1, 0.15) is 0 Å². The van der Waals surface area contributed by atoms with Crippen molar-refractivity contribution in [3.05, 3.63) is 0 Å². The Morgan fingerprint density at radius 1 is 1.40 bits per heavy atom. The van der Waals surface area contributed by atoms with Crippen LogP contribution in [0, 0.1) is 0 Å². The lowest BCUT2D eigenvalue weighted by Crippen LogP contribution is -2.44. The lowest BCUT2D eigenvalue weighted by Gasteiger charge is -2.33. The second kappa shape index (κ2) is 7.53. The molecule has 1 rings (SSSR count). The van der Waals surface area contributed by atoms with Crippen molar-refractivity contribution in [2.75, 3.05) is 32.4 Å². The maximum absolute atomic E-state index is 3.63. The third-order valence-electron chi connectivity index (χ3n) is 3.19. The highest BCUT2D eigenvalue weighted by Gasteiger charge is 2.19. The molecule has 2 nitrogen and oxygen atoms in total. The maximum atomic E-state index is 3.63. The quantitative estimate of drug-likeness (QED) is 0.753. The minimum Gasteiger partial charge on any atom is -0.314 e. The molecule has 1 atom stereocenters. The lowest BCUT2D eigenvalue weighted by molar-refractivity contribution is 0.200. The highest BCUT2D eigenvalue weighted by molar-refractivity contribution is 7.99. The van der Waals surface area contributed by atoms with Crippen molar-refractivity contribution in [1.29, 1.82) is 0 Å². The molecule has 0 aromatic carbocycles. The zero-order valence-corrected chi connectivity index (χ0v) is 11.3. The Kier molecular flexibility index (Phi) is 6.69. The predicted octanol–water partition coefficient (Wildman–Crippen LogP) is 2.20. The highest BCUT2D eigenvalue weighted by Crippen LogP contribution is 2.14. The third kappa shape index (κ3) is 5.23. The van der Waals surface area contributed by atoms with Crippen molar-refractivity contribution in [2.45, 2.75) is 44.4 Å². The summed E-state index contributed by atoms with van der Waals surface area (Å²) in [6, 6.07) is 0.783. The molecule has 90 valence electrons. The summed E-state index contributed by atoms with van der Waals surface area (Å²) < 4.78 is 0. The molecule has 0 bridgehead atoms. The topological polar surface area (TPSA) is 15.3 Å². The van der Waals surface area contributed by atoms with E-state index in [-0.39, 0.29) is 0 Å². The van der Waals surface area contributed by atoms with E-state index in [1.165, 1.54) is 45.4 Å². The van der Waals surface area contributed by atoms with Gasteiger partial charge in [0.25, 0.3) is 0 Å². The molecule has 0 aliphatic carbocycles. The van der Waals surface area contributed by atoms with Gasteiger partial charge in [-0.3, -0.25) is 0 Å². The first-order valence-corrected chi connectivity index (χ1v) is 7.53. The molecule has 0 aromatic heterocycles. The van der Waals surface area contributed by atoms with Gasteiger partial charge in [0.05, 0.1) is 0 Å². The molecule has 0 spiro atoms. The Balaban J connectivity index is 2.12. The monoisotopic (exact) mass is 230 g/mol. The van der Waals surface area contributed by atoms with Crippen molar-refractivity contribution >= 4 is 11.8 Å². The third-order valence-corrected chi connectivity index (χ3v) is 4.14. The zero-order chi connectivity index (χ0) is 11.1. The molecule has 15 heavy (non-hydrogen) atoms. The van der Waals surface area contributed by atoms with Crippen LogP contribution in [0.25, 0.3) is 0 Å². The molecular formula is C12H26N2S. The molecule has 1 aliphatic rings. The normalized spacial score (nSPS) is 21.8. The molecule has 0 saturated carbocycles. The predicted molar refractivity (Wildman–Crippen MR) is 70.7 cm³/mol. The Morgan fingerprint density at radius 3 is 2.60 bits per heavy atom. The van der Waals surface area contributed by atoms with E-state index >= 15 is 0 Å². The van der Waals surface area contributed by atoms with Crippen LogP contribution in [0.15, 0.2) is 0 Å². The smallest absolute Gasteiger partial charge is 0.0143 e. The van der Waals surface area contributed by atoms with Crippen molar-refractivity contribution in [1.82, 2.24) is 10.2 Å². The van der Waals surface area contributed by atoms with Crippen LogP contribution in [0.4, 0.5) is 0 Å². The second-order valence-electron chi connectivity index (χ2n) is 4.58. The number of hydrogen-bond acceptors (Lipinski definition) is 3. The van der Waals surface area contributed by atoms with Gasteiger partial charge in [0.2, 0.25) is 0 Å². The van der Waals surface area contributed by atoms with Crippen LogP contribution in [0.5, 0.6) is 0 Å². The maximum Gasteiger partial charge on any atom is 0.0143 e. The molecular weight excluding hydrogens is 204 g/mol. The molecule has 1 unspecified atom stereocenters. The van der Waals surface area contributed by atoms with E-state index in [4.69, 9.17) is 0 Å². The van der Waals surface area contributed by atoms with Crippen LogP contribution in [0.3, 0.4) is 0 Å². The number of piperidine rings is 1. The lowest BCUT2D eigenvalue weighted by atomic mass is 10.0. The molecule has 1 fully saturated rings. The van der Waals surface area contributed by atoms with Gasteiger partial charge in [0, 0.05) is 17.8 Å². The Hall–Kier alpha value is 0.270. The Labute approximate surface area is 99.2 Å². The van der Waals surface area contributed by atoms with E-state index in [1.807, 2.05) is 11.8 Å². The van der Waals surface area contributed by atoms with Crippen molar-refractivity contribution in [3.63, 3.8) is 0 Å². The van der Waals surface area contributed by atoms with E-state index in [0.29, 0.717) is 0 Å². The summed E-state index contributed by atoms with van der Waals surface area (Å²) in [7, 11) is 0. The number of thioether (sulfide) groups is 1. The van der Waals surface area contributed by atoms with E-state index in [0.717, 1.165) is 11.3 Å². The molecule has 1 heterocycles. The first kappa shape index (κ1) is 13.3. The van der Waals surface area contributed by atoms with Crippen LogP contribution in [-0.4, -0.2) is 48.6 Å². The molecule has 3 heteroatoms. The standard InChI is InChI=1S/C12H26N2S/c1-4-7-13-12-5-8-14(9-6-12)10-11(2)15-3/h11-13H,4-10H2,1-3H3. The summed E-state index contributed by atoms with van der Waals surface area (Å²) in [5.41, 5.74) is 0. The van der Waals surface area contributed by atoms with Crippen molar-refractivity contribution < 1.29 is 0 Å². The molecule has 0 amide bonds. The summed E-state index contributed by atoms with van der Waals surface area (Å²) in [5.74, 6) is 0. The van der Waals surface area contributed by atoms with E-state index < -0.39 is 0 Å². The fourth-order valence-electron chi connectivity index (χ4n) is 2.11. The largest absolute Gasteiger partial charge is 0.314 e. The summed E-state index contributed by atoms with van der Waals surface area (Å²) in [4.78, 5) is 2.62. The number of nitrogens with one attached hydrogen (secondary N) is 1. The number of likely N-dealkylation sites (tertiary alicyclic amines) is 1. The molecule has 1 aliphatic heterocycles. The van der Waals surface area contributed by atoms with Crippen LogP contribution in [0.1, 0.15) is 33.1 Å². The van der Waals surface area contributed by atoms with Gasteiger partial charge in [-0.15, -0.1) is 0 Å². The van der Waals surface area contributed by atoms with Crippen LogP contribution in [0.2, 0.25) is 0 Å². The summed E-state index contributed by atoms with van der Waals surface area (Å²) in [6.07, 6.45) is 6.13. The average Bonchev–Trinajstić information content (AvgIpc) is 2.28. The SMILES string of the molecule is CCCNC1CCN(CC(C)SC)CC1. The summed E-state index contributed by atoms with van der Waals surface area (Å²) in [5, 5.41) is 4.41. The minimum atomic E-state index is 0.783. The van der Waals surface area contributed by atoms with Gasteiger partial charge in [-0.05, 0) is 45.2 Å². The van der Waals surface area contributed by atoms with Gasteiger partial charge in [0.15, 0.2) is 0 Å². The highest BCUT2D eigenvalue weighted by atomic mass is 32.2. The fourth-order valence-corrected chi connectivity index (χ4v) is 2.47. The molecule has 1 N–H and O–H groups in total. The summed E-state index contributed by atoms with van der Waals surface area (Å²) in [6.45, 7) is 9.58. The fraction of sp³-hybridized carbons (Fsp3) is 1.00. The zero-order valence-electron chi connectivity index (χ0n) is 10.5. The average molecular weight is 230 g/mol. The Bertz CT molecular complexity index is 156. The Morgan fingerprint density at radius 2 is 2.07 bits per heavy atom. The first-order valence-electron chi connectivity index (χ1n) is 6.24. The van der Waals surface area contributed by atoms with Gasteiger partial charge in [-0.2, -0.15) is 11.8 Å². The second-order valence-corrected chi connectivity index (χ2v) is 5.85. The van der Waals surface area contributed by atoms with Crippen molar-refractivity contribution in [3.8, 4) is 0 Å². The van der Waals surface area contributed by atoms with E-state index in [2.05, 4.69) is 30.3 Å². The molecule has 0 radical (unpaired) electrons. The van der Waals surface area contributed by atoms with Gasteiger partial charge in [-0.25, -0.2) is 0 Å². The first-order chi connectivity index (χ1) is 7.26.